The van der Waals surface area contributed by atoms with Gasteiger partial charge < -0.3 is 15.0 Å². The van der Waals surface area contributed by atoms with Crippen molar-refractivity contribution in [1.82, 2.24) is 10.2 Å². The molecule has 0 aliphatic carbocycles. The van der Waals surface area contributed by atoms with Gasteiger partial charge in [-0.05, 0) is 74.3 Å². The zero-order chi connectivity index (χ0) is 19.2. The zero-order valence-electron chi connectivity index (χ0n) is 15.8. The summed E-state index contributed by atoms with van der Waals surface area (Å²) in [4.78, 5) is 14.5. The predicted molar refractivity (Wildman–Crippen MR) is 112 cm³/mol. The molecule has 1 amide bonds. The molecule has 1 heterocycles. The first-order chi connectivity index (χ1) is 13.1. The van der Waals surface area contributed by atoms with Gasteiger partial charge in [0.2, 0.25) is 0 Å². The summed E-state index contributed by atoms with van der Waals surface area (Å²) in [6, 6.07) is 11.0. The highest BCUT2D eigenvalue weighted by Crippen LogP contribution is 2.27. The highest BCUT2D eigenvalue weighted by atomic mass is 35.5. The quantitative estimate of drug-likeness (QED) is 0.693. The van der Waals surface area contributed by atoms with Gasteiger partial charge in [0.05, 0.1) is 0 Å². The van der Waals surface area contributed by atoms with Gasteiger partial charge in [-0.2, -0.15) is 0 Å². The van der Waals surface area contributed by atoms with Crippen LogP contribution in [-0.2, 0) is 0 Å². The molecule has 1 aliphatic rings. The van der Waals surface area contributed by atoms with E-state index in [1.54, 1.807) is 35.2 Å². The van der Waals surface area contributed by atoms with Crippen molar-refractivity contribution in [2.75, 3.05) is 26.2 Å². The molecule has 1 N–H and O–H groups in total. The van der Waals surface area contributed by atoms with Crippen molar-refractivity contribution in [1.29, 1.82) is 0 Å². The lowest BCUT2D eigenvalue weighted by atomic mass is 9.96. The van der Waals surface area contributed by atoms with Crippen molar-refractivity contribution in [2.45, 2.75) is 19.8 Å². The second-order valence-electron chi connectivity index (χ2n) is 6.74. The van der Waals surface area contributed by atoms with Crippen LogP contribution in [-0.4, -0.2) is 37.0 Å². The van der Waals surface area contributed by atoms with E-state index in [1.807, 2.05) is 0 Å². The Morgan fingerprint density at radius 3 is 2.50 bits per heavy atom. The fourth-order valence-corrected chi connectivity index (χ4v) is 3.34. The summed E-state index contributed by atoms with van der Waals surface area (Å²) in [6.45, 7) is 5.46. The molecule has 0 spiro atoms. The summed E-state index contributed by atoms with van der Waals surface area (Å²) in [5.74, 6) is 0.478. The Morgan fingerprint density at radius 1 is 1.21 bits per heavy atom. The molecule has 1 fully saturated rings. The van der Waals surface area contributed by atoms with E-state index in [0.29, 0.717) is 35.3 Å². The number of halogens is 3. The molecule has 1 aliphatic heterocycles. The Labute approximate surface area is 176 Å². The minimum atomic E-state index is -0.558. The number of carbonyl (C=O) groups excluding carboxylic acids is 1. The molecule has 7 heteroatoms. The summed E-state index contributed by atoms with van der Waals surface area (Å²) >= 11 is 5.83. The van der Waals surface area contributed by atoms with E-state index in [1.165, 1.54) is 12.1 Å². The number of amides is 1. The average Bonchev–Trinajstić information content (AvgIpc) is 2.69. The van der Waals surface area contributed by atoms with E-state index in [0.717, 1.165) is 25.9 Å². The number of likely N-dealkylation sites (tertiary alicyclic amines) is 1. The second-order valence-corrected chi connectivity index (χ2v) is 7.18. The summed E-state index contributed by atoms with van der Waals surface area (Å²) in [5, 5.41) is 3.94. The second kappa shape index (κ2) is 10.6. The first kappa shape index (κ1) is 22.5. The van der Waals surface area contributed by atoms with Crippen LogP contribution in [0.4, 0.5) is 4.39 Å². The molecule has 0 atom stereocenters. The van der Waals surface area contributed by atoms with Crippen LogP contribution >= 0.6 is 24.0 Å². The third-order valence-corrected chi connectivity index (χ3v) is 5.06. The van der Waals surface area contributed by atoms with Gasteiger partial charge in [-0.1, -0.05) is 18.5 Å². The van der Waals surface area contributed by atoms with E-state index in [9.17, 15) is 9.18 Å². The first-order valence-electron chi connectivity index (χ1n) is 9.29. The maximum absolute atomic E-state index is 14.4. The van der Waals surface area contributed by atoms with Crippen molar-refractivity contribution in [3.05, 3.63) is 58.9 Å². The molecule has 1 saturated heterocycles. The number of hydrogen-bond donors (Lipinski definition) is 1. The summed E-state index contributed by atoms with van der Waals surface area (Å²) in [6.07, 6.45) is 1.94. The molecule has 0 radical (unpaired) electrons. The highest BCUT2D eigenvalue weighted by molar-refractivity contribution is 6.30. The Balaban J connectivity index is 0.00000280. The third-order valence-electron chi connectivity index (χ3n) is 4.81. The van der Waals surface area contributed by atoms with Crippen molar-refractivity contribution in [2.24, 2.45) is 5.92 Å². The zero-order valence-corrected chi connectivity index (χ0v) is 17.4. The smallest absolute Gasteiger partial charge is 0.253 e. The largest absolute Gasteiger partial charge is 0.454 e. The third kappa shape index (κ3) is 5.84. The summed E-state index contributed by atoms with van der Waals surface area (Å²) < 4.78 is 19.9. The molecule has 28 heavy (non-hydrogen) atoms. The van der Waals surface area contributed by atoms with Gasteiger partial charge in [-0.3, -0.25) is 4.79 Å². The molecule has 2 aromatic rings. The maximum atomic E-state index is 14.4. The van der Waals surface area contributed by atoms with Gasteiger partial charge in [0, 0.05) is 23.7 Å². The Hall–Kier alpha value is -1.82. The SMILES string of the molecule is CCNCC1CCN(C(=O)c2ccc(Oc3ccc(Cl)cc3)c(F)c2)CC1.Cl. The van der Waals surface area contributed by atoms with E-state index >= 15 is 0 Å². The van der Waals surface area contributed by atoms with E-state index in [-0.39, 0.29) is 24.1 Å². The van der Waals surface area contributed by atoms with E-state index in [2.05, 4.69) is 12.2 Å². The lowest BCUT2D eigenvalue weighted by Crippen LogP contribution is -2.40. The van der Waals surface area contributed by atoms with Crippen molar-refractivity contribution in [3.8, 4) is 11.5 Å². The van der Waals surface area contributed by atoms with Gasteiger partial charge in [-0.15, -0.1) is 12.4 Å². The normalized spacial score (nSPS) is 14.5. The Morgan fingerprint density at radius 2 is 1.89 bits per heavy atom. The monoisotopic (exact) mass is 426 g/mol. The molecule has 2 aromatic carbocycles. The Bertz CT molecular complexity index is 778. The van der Waals surface area contributed by atoms with Gasteiger partial charge in [-0.25, -0.2) is 4.39 Å². The predicted octanol–water partition coefficient (Wildman–Crippen LogP) is 5.15. The van der Waals surface area contributed by atoms with Crippen LogP contribution in [0.15, 0.2) is 42.5 Å². The summed E-state index contributed by atoms with van der Waals surface area (Å²) in [5.41, 5.74) is 0.348. The number of nitrogens with one attached hydrogen (secondary N) is 1. The molecule has 0 saturated carbocycles. The minimum absolute atomic E-state index is 0. The van der Waals surface area contributed by atoms with Gasteiger partial charge in [0.15, 0.2) is 11.6 Å². The highest BCUT2D eigenvalue weighted by Gasteiger charge is 2.24. The molecule has 3 rings (SSSR count). The number of hydrogen-bond acceptors (Lipinski definition) is 3. The maximum Gasteiger partial charge on any atom is 0.253 e. The molecule has 152 valence electrons. The molecular weight excluding hydrogens is 402 g/mol. The van der Waals surface area contributed by atoms with Gasteiger partial charge in [0.1, 0.15) is 5.75 Å². The number of carbonyl (C=O) groups is 1. The average molecular weight is 427 g/mol. The number of ether oxygens (including phenoxy) is 1. The summed E-state index contributed by atoms with van der Waals surface area (Å²) in [7, 11) is 0. The number of piperidine rings is 1. The topological polar surface area (TPSA) is 41.6 Å². The number of nitrogens with zero attached hydrogens (tertiary/aromatic N) is 1. The first-order valence-corrected chi connectivity index (χ1v) is 9.67. The van der Waals surface area contributed by atoms with Crippen LogP contribution in [0.2, 0.25) is 5.02 Å². The minimum Gasteiger partial charge on any atom is -0.454 e. The fraction of sp³-hybridized carbons (Fsp3) is 0.381. The van der Waals surface area contributed by atoms with Crippen LogP contribution in [0, 0.1) is 11.7 Å². The van der Waals surface area contributed by atoms with Crippen LogP contribution in [0.3, 0.4) is 0 Å². The lowest BCUT2D eigenvalue weighted by molar-refractivity contribution is 0.0689. The van der Waals surface area contributed by atoms with Gasteiger partial charge in [0.25, 0.3) is 5.91 Å². The van der Waals surface area contributed by atoms with Crippen molar-refractivity contribution < 1.29 is 13.9 Å². The van der Waals surface area contributed by atoms with Crippen LogP contribution in [0.25, 0.3) is 0 Å². The van der Waals surface area contributed by atoms with Crippen LogP contribution < -0.4 is 10.1 Å². The molecule has 4 nitrogen and oxygen atoms in total. The Kier molecular flexibility index (Phi) is 8.55. The van der Waals surface area contributed by atoms with Crippen molar-refractivity contribution >= 4 is 29.9 Å². The van der Waals surface area contributed by atoms with Crippen molar-refractivity contribution in [3.63, 3.8) is 0 Å². The van der Waals surface area contributed by atoms with E-state index in [4.69, 9.17) is 16.3 Å². The lowest BCUT2D eigenvalue weighted by Gasteiger charge is -2.32. The standard InChI is InChI=1S/C21H24ClFN2O2.ClH/c1-2-24-14-15-9-11-25(12-10-15)21(26)16-3-8-20(19(23)13-16)27-18-6-4-17(22)5-7-18;/h3-8,13,15,24H,2,9-12,14H2,1H3;1H. The fourth-order valence-electron chi connectivity index (χ4n) is 3.22. The van der Waals surface area contributed by atoms with Crippen LogP contribution in [0.5, 0.6) is 11.5 Å². The van der Waals surface area contributed by atoms with Crippen LogP contribution in [0.1, 0.15) is 30.1 Å². The van der Waals surface area contributed by atoms with Gasteiger partial charge >= 0.3 is 0 Å². The number of rotatable bonds is 6. The molecule has 0 bridgehead atoms. The molecule has 0 unspecified atom stereocenters. The molecular formula is C21H25Cl2FN2O2. The number of benzene rings is 2. The molecule has 0 aromatic heterocycles. The van der Waals surface area contributed by atoms with E-state index < -0.39 is 5.82 Å².